The molecule has 19 heavy (non-hydrogen) atoms. The van der Waals surface area contributed by atoms with E-state index >= 15 is 0 Å². The molecule has 1 saturated carbocycles. The van der Waals surface area contributed by atoms with Gasteiger partial charge >= 0.3 is 0 Å². The Labute approximate surface area is 116 Å². The first-order valence-electron chi connectivity index (χ1n) is 5.77. The van der Waals surface area contributed by atoms with E-state index in [1.54, 1.807) is 6.07 Å². The summed E-state index contributed by atoms with van der Waals surface area (Å²) in [6.07, 6.45) is 1.22. The van der Waals surface area contributed by atoms with Crippen molar-refractivity contribution >= 4 is 27.0 Å². The maximum atomic E-state index is 11.8. The van der Waals surface area contributed by atoms with E-state index in [9.17, 15) is 8.42 Å². The lowest BCUT2D eigenvalue weighted by atomic mass is 10.1. The molecule has 0 radical (unpaired) electrons. The van der Waals surface area contributed by atoms with Crippen LogP contribution < -0.4 is 15.2 Å². The van der Waals surface area contributed by atoms with Gasteiger partial charge in [-0.3, -0.25) is 0 Å². The Bertz CT molecular complexity index is 656. The predicted molar refractivity (Wildman–Crippen MR) is 74.2 cm³/mol. The van der Waals surface area contributed by atoms with Crippen LogP contribution in [-0.2, 0) is 9.84 Å². The average molecular weight is 299 g/mol. The molecule has 1 aromatic carbocycles. The normalized spacial score (nSPS) is 28.2. The molecule has 3 rings (SSSR count). The molecule has 1 heterocycles. The number of benzene rings is 1. The van der Waals surface area contributed by atoms with Crippen molar-refractivity contribution in [2.24, 2.45) is 11.7 Å². The highest BCUT2D eigenvalue weighted by atomic mass is 32.2. The van der Waals surface area contributed by atoms with E-state index in [1.807, 2.05) is 12.1 Å². The van der Waals surface area contributed by atoms with Gasteiger partial charge in [-0.2, -0.15) is 0 Å². The van der Waals surface area contributed by atoms with Gasteiger partial charge in [0.25, 0.3) is 0 Å². The molecule has 102 valence electrons. The SMILES string of the molecule is CS(=O)(=O)[C@@H]1[C@@H](C(N)=S)[C@H]1c1ccc2c(c1)OCO2. The van der Waals surface area contributed by atoms with Crippen LogP contribution >= 0.6 is 12.2 Å². The Balaban J connectivity index is 1.96. The van der Waals surface area contributed by atoms with Crippen LogP contribution in [0.25, 0.3) is 0 Å². The van der Waals surface area contributed by atoms with E-state index in [0.29, 0.717) is 11.5 Å². The molecule has 2 N–H and O–H groups in total. The minimum Gasteiger partial charge on any atom is -0.454 e. The second-order valence-corrected chi connectivity index (χ2v) is 7.54. The van der Waals surface area contributed by atoms with Crippen molar-refractivity contribution in [2.45, 2.75) is 11.2 Å². The lowest BCUT2D eigenvalue weighted by molar-refractivity contribution is 0.174. The van der Waals surface area contributed by atoms with E-state index in [1.165, 1.54) is 6.26 Å². The largest absolute Gasteiger partial charge is 0.454 e. The van der Waals surface area contributed by atoms with Gasteiger partial charge in [0.2, 0.25) is 6.79 Å². The summed E-state index contributed by atoms with van der Waals surface area (Å²) in [6, 6.07) is 5.43. The highest BCUT2D eigenvalue weighted by Gasteiger charge is 2.58. The number of nitrogens with two attached hydrogens (primary N) is 1. The number of hydrogen-bond donors (Lipinski definition) is 1. The maximum Gasteiger partial charge on any atom is 0.231 e. The van der Waals surface area contributed by atoms with Gasteiger partial charge in [0.1, 0.15) is 0 Å². The topological polar surface area (TPSA) is 78.6 Å². The summed E-state index contributed by atoms with van der Waals surface area (Å²) in [7, 11) is -3.17. The molecular formula is C12H13NO4S2. The highest BCUT2D eigenvalue weighted by Crippen LogP contribution is 2.53. The third kappa shape index (κ3) is 2.06. The van der Waals surface area contributed by atoms with E-state index in [4.69, 9.17) is 27.4 Å². The smallest absolute Gasteiger partial charge is 0.231 e. The van der Waals surface area contributed by atoms with Gasteiger partial charge in [-0.1, -0.05) is 18.3 Å². The van der Waals surface area contributed by atoms with Crippen molar-refractivity contribution in [3.63, 3.8) is 0 Å². The number of thiocarbonyl (C=S) groups is 1. The van der Waals surface area contributed by atoms with Crippen LogP contribution in [0.1, 0.15) is 11.5 Å². The number of ether oxygens (including phenoxy) is 2. The van der Waals surface area contributed by atoms with Gasteiger partial charge in [-0.15, -0.1) is 0 Å². The summed E-state index contributed by atoms with van der Waals surface area (Å²) < 4.78 is 34.0. The highest BCUT2D eigenvalue weighted by molar-refractivity contribution is 7.91. The molecule has 0 amide bonds. The first-order chi connectivity index (χ1) is 8.89. The third-order valence-electron chi connectivity index (χ3n) is 3.56. The standard InChI is InChI=1S/C12H13NO4S2/c1-19(14,15)11-9(10(11)12(13)18)6-2-3-7-8(4-6)17-5-16-7/h2-4,9-11H,5H2,1H3,(H2,13,18)/t9-,10+,11+/m1/s1. The Hall–Kier alpha value is -1.34. The first-order valence-corrected chi connectivity index (χ1v) is 8.13. The monoisotopic (exact) mass is 299 g/mol. The molecule has 2 aliphatic rings. The van der Waals surface area contributed by atoms with E-state index < -0.39 is 15.1 Å². The van der Waals surface area contributed by atoms with Crippen LogP contribution in [0.2, 0.25) is 0 Å². The van der Waals surface area contributed by atoms with Gasteiger partial charge in [-0.25, -0.2) is 8.42 Å². The van der Waals surface area contributed by atoms with Crippen molar-refractivity contribution in [3.05, 3.63) is 23.8 Å². The van der Waals surface area contributed by atoms with Crippen LogP contribution in [-0.4, -0.2) is 31.7 Å². The Morgan fingerprint density at radius 1 is 1.37 bits per heavy atom. The fourth-order valence-electron chi connectivity index (χ4n) is 2.67. The minimum atomic E-state index is -3.17. The molecular weight excluding hydrogens is 286 g/mol. The molecule has 1 fully saturated rings. The number of rotatable bonds is 3. The Kier molecular flexibility index (Phi) is 2.72. The first kappa shape index (κ1) is 12.7. The van der Waals surface area contributed by atoms with Crippen LogP contribution in [0.3, 0.4) is 0 Å². The van der Waals surface area contributed by atoms with Crippen LogP contribution in [0, 0.1) is 5.92 Å². The summed E-state index contributed by atoms with van der Waals surface area (Å²) in [6.45, 7) is 0.192. The van der Waals surface area contributed by atoms with E-state index in [2.05, 4.69) is 0 Å². The second kappa shape index (κ2) is 4.08. The van der Waals surface area contributed by atoms with Crippen LogP contribution in [0.4, 0.5) is 0 Å². The molecule has 0 unspecified atom stereocenters. The molecule has 7 heteroatoms. The summed E-state index contributed by atoms with van der Waals surface area (Å²) in [5, 5.41) is -0.523. The number of fused-ring (bicyclic) bond motifs is 1. The Morgan fingerprint density at radius 3 is 2.63 bits per heavy atom. The summed E-state index contributed by atoms with van der Waals surface area (Å²) in [5.41, 5.74) is 6.51. The zero-order valence-corrected chi connectivity index (χ0v) is 11.8. The summed E-state index contributed by atoms with van der Waals surface area (Å²) in [4.78, 5) is 0.248. The molecule has 0 saturated heterocycles. The van der Waals surface area contributed by atoms with E-state index in [0.717, 1.165) is 5.56 Å². The summed E-state index contributed by atoms with van der Waals surface area (Å²) >= 11 is 4.96. The van der Waals surface area contributed by atoms with Crippen molar-refractivity contribution < 1.29 is 17.9 Å². The molecule has 5 nitrogen and oxygen atoms in total. The lowest BCUT2D eigenvalue weighted by Gasteiger charge is -2.02. The molecule has 3 atom stereocenters. The number of hydrogen-bond acceptors (Lipinski definition) is 5. The van der Waals surface area contributed by atoms with Crippen molar-refractivity contribution in [3.8, 4) is 11.5 Å². The average Bonchev–Trinajstić information content (AvgIpc) is 2.93. The summed E-state index contributed by atoms with van der Waals surface area (Å²) in [5.74, 6) is 0.845. The maximum absolute atomic E-state index is 11.8. The van der Waals surface area contributed by atoms with Gasteiger partial charge in [0, 0.05) is 18.1 Å². The van der Waals surface area contributed by atoms with Gasteiger partial charge < -0.3 is 15.2 Å². The Morgan fingerprint density at radius 2 is 2.05 bits per heavy atom. The molecule has 1 aliphatic carbocycles. The number of sulfone groups is 1. The van der Waals surface area contributed by atoms with Crippen LogP contribution in [0.15, 0.2) is 18.2 Å². The van der Waals surface area contributed by atoms with Gasteiger partial charge in [-0.05, 0) is 17.7 Å². The van der Waals surface area contributed by atoms with Gasteiger partial charge in [0.15, 0.2) is 21.3 Å². The van der Waals surface area contributed by atoms with Crippen molar-refractivity contribution in [2.75, 3.05) is 13.0 Å². The third-order valence-corrected chi connectivity index (χ3v) is 5.41. The molecule has 1 aliphatic heterocycles. The van der Waals surface area contributed by atoms with Crippen molar-refractivity contribution in [1.82, 2.24) is 0 Å². The van der Waals surface area contributed by atoms with Gasteiger partial charge in [0.05, 0.1) is 10.2 Å². The molecule has 0 spiro atoms. The van der Waals surface area contributed by atoms with E-state index in [-0.39, 0.29) is 23.6 Å². The lowest BCUT2D eigenvalue weighted by Crippen LogP contribution is -2.16. The zero-order valence-electron chi connectivity index (χ0n) is 10.2. The molecule has 0 bridgehead atoms. The molecule has 1 aromatic rings. The predicted octanol–water partition coefficient (Wildman–Crippen LogP) is 0.828. The second-order valence-electron chi connectivity index (χ2n) is 4.86. The van der Waals surface area contributed by atoms with Crippen molar-refractivity contribution in [1.29, 1.82) is 0 Å². The minimum absolute atomic E-state index is 0.179. The fourth-order valence-corrected chi connectivity index (χ4v) is 4.67. The quantitative estimate of drug-likeness (QED) is 0.833. The fraction of sp³-hybridized carbons (Fsp3) is 0.417. The zero-order chi connectivity index (χ0) is 13.8. The van der Waals surface area contributed by atoms with Crippen LogP contribution in [0.5, 0.6) is 11.5 Å². The molecule has 0 aromatic heterocycles.